The van der Waals surface area contributed by atoms with E-state index in [2.05, 4.69) is 31.1 Å². The number of amides is 2. The van der Waals surface area contributed by atoms with Gasteiger partial charge in [-0.15, -0.1) is 0 Å². The Labute approximate surface area is 128 Å². The number of carbonyl (C=O) groups is 2. The molecule has 2 aliphatic rings. The molecule has 2 heterocycles. The maximum atomic E-state index is 12.5. The number of likely N-dealkylation sites (tertiary alicyclic amines) is 1. The van der Waals surface area contributed by atoms with E-state index in [1.54, 1.807) is 0 Å². The molecule has 0 aromatic carbocycles. The van der Waals surface area contributed by atoms with Crippen molar-refractivity contribution < 1.29 is 9.59 Å². The van der Waals surface area contributed by atoms with Gasteiger partial charge in [0.1, 0.15) is 0 Å². The van der Waals surface area contributed by atoms with Crippen LogP contribution in [0.1, 0.15) is 39.5 Å². The Morgan fingerprint density at radius 3 is 2.52 bits per heavy atom. The molecule has 21 heavy (non-hydrogen) atoms. The summed E-state index contributed by atoms with van der Waals surface area (Å²) in [7, 11) is 2.17. The van der Waals surface area contributed by atoms with Crippen molar-refractivity contribution in [3.8, 4) is 0 Å². The van der Waals surface area contributed by atoms with Gasteiger partial charge in [0.05, 0.1) is 5.92 Å². The van der Waals surface area contributed by atoms with Gasteiger partial charge < -0.3 is 15.1 Å². The highest BCUT2D eigenvalue weighted by molar-refractivity contribution is 5.83. The molecule has 0 aromatic heterocycles. The predicted molar refractivity (Wildman–Crippen MR) is 82.8 cm³/mol. The van der Waals surface area contributed by atoms with Crippen LogP contribution in [0.2, 0.25) is 0 Å². The summed E-state index contributed by atoms with van der Waals surface area (Å²) in [6, 6.07) is 0.579. The molecule has 0 bridgehead atoms. The highest BCUT2D eigenvalue weighted by Gasteiger charge is 2.31. The van der Waals surface area contributed by atoms with Crippen LogP contribution in [0.3, 0.4) is 0 Å². The third kappa shape index (κ3) is 4.43. The van der Waals surface area contributed by atoms with Crippen molar-refractivity contribution >= 4 is 11.8 Å². The molecule has 0 saturated carbocycles. The van der Waals surface area contributed by atoms with Crippen LogP contribution in [0.25, 0.3) is 0 Å². The molecule has 2 fully saturated rings. The smallest absolute Gasteiger partial charge is 0.227 e. The van der Waals surface area contributed by atoms with Crippen LogP contribution in [-0.4, -0.2) is 60.9 Å². The average molecular weight is 295 g/mol. The van der Waals surface area contributed by atoms with Gasteiger partial charge in [-0.25, -0.2) is 0 Å². The zero-order chi connectivity index (χ0) is 15.4. The zero-order valence-electron chi connectivity index (χ0n) is 13.6. The predicted octanol–water partition coefficient (Wildman–Crippen LogP) is 1.09. The Bertz CT molecular complexity index is 366. The van der Waals surface area contributed by atoms with Crippen molar-refractivity contribution in [2.24, 2.45) is 11.8 Å². The number of hydrogen-bond donors (Lipinski definition) is 1. The number of rotatable bonds is 4. The van der Waals surface area contributed by atoms with Crippen molar-refractivity contribution in [2.75, 3.05) is 33.2 Å². The van der Waals surface area contributed by atoms with Crippen LogP contribution in [-0.2, 0) is 9.59 Å². The highest BCUT2D eigenvalue weighted by atomic mass is 16.2. The van der Waals surface area contributed by atoms with Crippen molar-refractivity contribution in [1.82, 2.24) is 15.1 Å². The van der Waals surface area contributed by atoms with Crippen LogP contribution >= 0.6 is 0 Å². The molecule has 0 aromatic rings. The number of nitrogens with one attached hydrogen (secondary N) is 1. The molecule has 2 aliphatic heterocycles. The molecular weight excluding hydrogens is 266 g/mol. The Kier molecular flexibility index (Phi) is 5.62. The second kappa shape index (κ2) is 7.25. The SMILES string of the molecule is CC(C)N(C)CC1CCN(C(=O)C2CCC(=O)NC2)CC1. The van der Waals surface area contributed by atoms with Crippen molar-refractivity contribution in [1.29, 1.82) is 0 Å². The minimum Gasteiger partial charge on any atom is -0.355 e. The lowest BCUT2D eigenvalue weighted by molar-refractivity contribution is -0.138. The van der Waals surface area contributed by atoms with Crippen LogP contribution in [0.15, 0.2) is 0 Å². The summed E-state index contributed by atoms with van der Waals surface area (Å²) in [5.74, 6) is 1.02. The molecular formula is C16H29N3O2. The van der Waals surface area contributed by atoms with Gasteiger partial charge in [-0.05, 0) is 46.1 Å². The number of nitrogens with zero attached hydrogens (tertiary/aromatic N) is 2. The van der Waals surface area contributed by atoms with Gasteiger partial charge in [0.15, 0.2) is 0 Å². The third-order valence-electron chi connectivity index (χ3n) is 4.97. The van der Waals surface area contributed by atoms with E-state index < -0.39 is 0 Å². The van der Waals surface area contributed by atoms with E-state index in [0.717, 1.165) is 32.5 Å². The van der Waals surface area contributed by atoms with Crippen LogP contribution in [0.5, 0.6) is 0 Å². The van der Waals surface area contributed by atoms with Crippen molar-refractivity contribution in [3.05, 3.63) is 0 Å². The summed E-state index contributed by atoms with van der Waals surface area (Å²) in [6.07, 6.45) is 3.40. The molecule has 0 aliphatic carbocycles. The molecule has 1 atom stereocenters. The molecule has 1 N–H and O–H groups in total. The van der Waals surface area contributed by atoms with Gasteiger partial charge in [-0.3, -0.25) is 9.59 Å². The van der Waals surface area contributed by atoms with Gasteiger partial charge >= 0.3 is 0 Å². The average Bonchev–Trinajstić information content (AvgIpc) is 2.48. The summed E-state index contributed by atoms with van der Waals surface area (Å²) in [5, 5.41) is 2.81. The third-order valence-corrected chi connectivity index (χ3v) is 4.97. The monoisotopic (exact) mass is 295 g/mol. The van der Waals surface area contributed by atoms with Gasteiger partial charge in [0.25, 0.3) is 0 Å². The Balaban J connectivity index is 1.75. The molecule has 0 spiro atoms. The molecule has 0 radical (unpaired) electrons. The molecule has 1 unspecified atom stereocenters. The first-order valence-electron chi connectivity index (χ1n) is 8.23. The lowest BCUT2D eigenvalue weighted by atomic mass is 9.93. The van der Waals surface area contributed by atoms with E-state index in [0.29, 0.717) is 31.3 Å². The van der Waals surface area contributed by atoms with Gasteiger partial charge in [-0.1, -0.05) is 0 Å². The molecule has 2 saturated heterocycles. The summed E-state index contributed by atoms with van der Waals surface area (Å²) < 4.78 is 0. The second-order valence-electron chi connectivity index (χ2n) is 6.84. The topological polar surface area (TPSA) is 52.7 Å². The number of hydrogen-bond acceptors (Lipinski definition) is 3. The molecule has 5 heteroatoms. The molecule has 5 nitrogen and oxygen atoms in total. The van der Waals surface area contributed by atoms with E-state index in [9.17, 15) is 9.59 Å². The lowest BCUT2D eigenvalue weighted by Gasteiger charge is -2.37. The maximum absolute atomic E-state index is 12.5. The largest absolute Gasteiger partial charge is 0.355 e. The fourth-order valence-electron chi connectivity index (χ4n) is 3.16. The van der Waals surface area contributed by atoms with Gasteiger partial charge in [-0.2, -0.15) is 0 Å². The standard InChI is InChI=1S/C16H29N3O2/c1-12(2)18(3)11-13-6-8-19(9-7-13)16(21)14-4-5-15(20)17-10-14/h12-14H,4-11H2,1-3H3,(H,17,20). The number of piperidine rings is 2. The van der Waals surface area contributed by atoms with E-state index in [1.807, 2.05) is 4.90 Å². The summed E-state index contributed by atoms with van der Waals surface area (Å²) in [6.45, 7) is 7.83. The van der Waals surface area contributed by atoms with Crippen LogP contribution in [0.4, 0.5) is 0 Å². The minimum atomic E-state index is -0.00223. The number of carbonyl (C=O) groups excluding carboxylic acids is 2. The Morgan fingerprint density at radius 1 is 1.33 bits per heavy atom. The Hall–Kier alpha value is -1.10. The van der Waals surface area contributed by atoms with Gasteiger partial charge in [0.2, 0.25) is 11.8 Å². The van der Waals surface area contributed by atoms with E-state index in [-0.39, 0.29) is 17.7 Å². The van der Waals surface area contributed by atoms with Crippen molar-refractivity contribution in [3.63, 3.8) is 0 Å². The Morgan fingerprint density at radius 2 is 2.00 bits per heavy atom. The first-order valence-corrected chi connectivity index (χ1v) is 8.23. The molecule has 120 valence electrons. The highest BCUT2D eigenvalue weighted by Crippen LogP contribution is 2.22. The summed E-state index contributed by atoms with van der Waals surface area (Å²) >= 11 is 0. The van der Waals surface area contributed by atoms with E-state index >= 15 is 0 Å². The first kappa shape index (κ1) is 16.3. The normalized spacial score (nSPS) is 24.5. The summed E-state index contributed by atoms with van der Waals surface area (Å²) in [4.78, 5) is 28.0. The zero-order valence-corrected chi connectivity index (χ0v) is 13.6. The fraction of sp³-hybridized carbons (Fsp3) is 0.875. The second-order valence-corrected chi connectivity index (χ2v) is 6.84. The quantitative estimate of drug-likeness (QED) is 0.845. The van der Waals surface area contributed by atoms with E-state index in [4.69, 9.17) is 0 Å². The molecule has 2 rings (SSSR count). The minimum absolute atomic E-state index is 0.00223. The van der Waals surface area contributed by atoms with Gasteiger partial charge in [0, 0.05) is 38.6 Å². The first-order chi connectivity index (χ1) is 9.97. The lowest BCUT2D eigenvalue weighted by Crippen LogP contribution is -2.48. The maximum Gasteiger partial charge on any atom is 0.227 e. The van der Waals surface area contributed by atoms with Crippen molar-refractivity contribution in [2.45, 2.75) is 45.6 Å². The van der Waals surface area contributed by atoms with Crippen LogP contribution < -0.4 is 5.32 Å². The summed E-state index contributed by atoms with van der Waals surface area (Å²) in [5.41, 5.74) is 0. The van der Waals surface area contributed by atoms with Crippen LogP contribution in [0, 0.1) is 11.8 Å². The molecule has 2 amide bonds. The fourth-order valence-corrected chi connectivity index (χ4v) is 3.16. The van der Waals surface area contributed by atoms with E-state index in [1.165, 1.54) is 0 Å².